The van der Waals surface area contributed by atoms with E-state index in [2.05, 4.69) is 5.32 Å². The summed E-state index contributed by atoms with van der Waals surface area (Å²) < 4.78 is 64.3. The van der Waals surface area contributed by atoms with Crippen LogP contribution in [0.15, 0.2) is 54.6 Å². The van der Waals surface area contributed by atoms with Crippen molar-refractivity contribution in [2.75, 3.05) is 18.4 Å². The van der Waals surface area contributed by atoms with E-state index in [1.165, 1.54) is 16.4 Å². The van der Waals surface area contributed by atoms with Crippen molar-refractivity contribution in [3.05, 3.63) is 65.7 Å². The molecule has 5 nitrogen and oxygen atoms in total. The molecule has 1 amide bonds. The number of halogens is 3. The predicted molar refractivity (Wildman–Crippen MR) is 103 cm³/mol. The van der Waals surface area contributed by atoms with E-state index in [1.807, 2.05) is 6.07 Å². The van der Waals surface area contributed by atoms with Crippen molar-refractivity contribution in [2.24, 2.45) is 5.92 Å². The minimum Gasteiger partial charge on any atom is -0.326 e. The van der Waals surface area contributed by atoms with Crippen molar-refractivity contribution < 1.29 is 26.4 Å². The standard InChI is InChI=1S/C20H21F3N2O3S/c21-20(22,23)17-6-8-18(9-7-17)24-19(26)16-10-12-25(13-11-16)29(27,28)14-15-4-2-1-3-5-15/h1-9,16H,10-14H2,(H,24,26). The van der Waals surface area contributed by atoms with Crippen molar-refractivity contribution in [3.63, 3.8) is 0 Å². The van der Waals surface area contributed by atoms with Gasteiger partial charge in [-0.05, 0) is 42.7 Å². The van der Waals surface area contributed by atoms with E-state index in [1.54, 1.807) is 24.3 Å². The summed E-state index contributed by atoms with van der Waals surface area (Å²) in [5, 5.41) is 2.61. The highest BCUT2D eigenvalue weighted by molar-refractivity contribution is 7.88. The van der Waals surface area contributed by atoms with Gasteiger partial charge in [-0.15, -0.1) is 0 Å². The van der Waals surface area contributed by atoms with E-state index in [-0.39, 0.29) is 36.4 Å². The molecule has 1 aliphatic heterocycles. The van der Waals surface area contributed by atoms with Crippen LogP contribution in [0, 0.1) is 5.92 Å². The molecule has 156 valence electrons. The number of nitrogens with zero attached hydrogens (tertiary/aromatic N) is 1. The van der Waals surface area contributed by atoms with Gasteiger partial charge in [-0.25, -0.2) is 12.7 Å². The van der Waals surface area contributed by atoms with E-state index in [0.717, 1.165) is 12.1 Å². The highest BCUT2D eigenvalue weighted by Crippen LogP contribution is 2.30. The maximum Gasteiger partial charge on any atom is 0.416 e. The van der Waals surface area contributed by atoms with E-state index >= 15 is 0 Å². The van der Waals surface area contributed by atoms with Crippen LogP contribution in [-0.2, 0) is 26.7 Å². The monoisotopic (exact) mass is 426 g/mol. The summed E-state index contributed by atoms with van der Waals surface area (Å²) in [6, 6.07) is 13.1. The number of amides is 1. The lowest BCUT2D eigenvalue weighted by Gasteiger charge is -2.30. The number of piperidine rings is 1. The SMILES string of the molecule is O=C(Nc1ccc(C(F)(F)F)cc1)C1CCN(S(=O)(=O)Cc2ccccc2)CC1. The predicted octanol–water partition coefficient (Wildman–Crippen LogP) is 3.89. The molecule has 0 bridgehead atoms. The van der Waals surface area contributed by atoms with E-state index in [9.17, 15) is 26.4 Å². The summed E-state index contributed by atoms with van der Waals surface area (Å²) in [4.78, 5) is 12.4. The van der Waals surface area contributed by atoms with Crippen LogP contribution in [0.5, 0.6) is 0 Å². The molecular formula is C20H21F3N2O3S. The molecule has 1 saturated heterocycles. The second kappa shape index (κ2) is 8.54. The van der Waals surface area contributed by atoms with Crippen LogP contribution >= 0.6 is 0 Å². The van der Waals surface area contributed by atoms with Gasteiger partial charge in [0.1, 0.15) is 0 Å². The van der Waals surface area contributed by atoms with Gasteiger partial charge in [-0.3, -0.25) is 4.79 Å². The Morgan fingerprint density at radius 3 is 2.14 bits per heavy atom. The first-order chi connectivity index (χ1) is 13.6. The van der Waals surface area contributed by atoms with Gasteiger partial charge >= 0.3 is 6.18 Å². The zero-order valence-electron chi connectivity index (χ0n) is 15.5. The third kappa shape index (κ3) is 5.57. The Bertz CT molecular complexity index is 937. The second-order valence-corrected chi connectivity index (χ2v) is 8.95. The van der Waals surface area contributed by atoms with Crippen LogP contribution in [0.2, 0.25) is 0 Å². The zero-order valence-corrected chi connectivity index (χ0v) is 16.3. The van der Waals surface area contributed by atoms with Crippen LogP contribution in [0.4, 0.5) is 18.9 Å². The minimum atomic E-state index is -4.43. The van der Waals surface area contributed by atoms with Crippen LogP contribution in [0.25, 0.3) is 0 Å². The third-order valence-electron chi connectivity index (χ3n) is 4.89. The minimum absolute atomic E-state index is 0.0870. The molecule has 2 aromatic rings. The van der Waals surface area contributed by atoms with Gasteiger partial charge in [-0.2, -0.15) is 13.2 Å². The number of sulfonamides is 1. The Hall–Kier alpha value is -2.39. The average molecular weight is 426 g/mol. The Morgan fingerprint density at radius 2 is 1.59 bits per heavy atom. The molecule has 29 heavy (non-hydrogen) atoms. The van der Waals surface area contributed by atoms with Gasteiger partial charge in [0.05, 0.1) is 11.3 Å². The number of hydrogen-bond donors (Lipinski definition) is 1. The number of rotatable bonds is 5. The molecule has 0 aliphatic carbocycles. The van der Waals surface area contributed by atoms with Gasteiger partial charge in [0.25, 0.3) is 0 Å². The summed E-state index contributed by atoms with van der Waals surface area (Å²) in [7, 11) is -3.47. The van der Waals surface area contributed by atoms with Crippen molar-refractivity contribution in [1.29, 1.82) is 0 Å². The molecule has 1 aliphatic rings. The number of alkyl halides is 3. The smallest absolute Gasteiger partial charge is 0.326 e. The third-order valence-corrected chi connectivity index (χ3v) is 6.74. The van der Waals surface area contributed by atoms with Crippen LogP contribution in [0.3, 0.4) is 0 Å². The van der Waals surface area contributed by atoms with E-state index < -0.39 is 21.8 Å². The number of anilines is 1. The highest BCUT2D eigenvalue weighted by Gasteiger charge is 2.32. The highest BCUT2D eigenvalue weighted by atomic mass is 32.2. The molecule has 0 radical (unpaired) electrons. The number of nitrogens with one attached hydrogen (secondary N) is 1. The van der Waals surface area contributed by atoms with Gasteiger partial charge in [0.15, 0.2) is 0 Å². The molecule has 0 unspecified atom stereocenters. The molecule has 1 heterocycles. The normalized spacial score (nSPS) is 16.5. The number of benzene rings is 2. The molecule has 2 aromatic carbocycles. The zero-order chi connectivity index (χ0) is 21.1. The lowest BCUT2D eigenvalue weighted by molar-refractivity contribution is -0.137. The Labute approximate surface area is 167 Å². The molecule has 3 rings (SSSR count). The average Bonchev–Trinajstić information content (AvgIpc) is 2.68. The van der Waals surface area contributed by atoms with Gasteiger partial charge in [-0.1, -0.05) is 30.3 Å². The lowest BCUT2D eigenvalue weighted by Crippen LogP contribution is -2.41. The fourth-order valence-corrected chi connectivity index (χ4v) is 4.82. The van der Waals surface area contributed by atoms with Crippen molar-refractivity contribution in [1.82, 2.24) is 4.31 Å². The molecule has 0 atom stereocenters. The number of hydrogen-bond acceptors (Lipinski definition) is 3. The first-order valence-electron chi connectivity index (χ1n) is 9.15. The Morgan fingerprint density at radius 1 is 1.00 bits per heavy atom. The van der Waals surface area contributed by atoms with E-state index in [0.29, 0.717) is 18.4 Å². The second-order valence-electron chi connectivity index (χ2n) is 6.98. The number of carbonyl (C=O) groups is 1. The van der Waals surface area contributed by atoms with Crippen molar-refractivity contribution in [2.45, 2.75) is 24.8 Å². The molecular weight excluding hydrogens is 405 g/mol. The molecule has 0 aromatic heterocycles. The van der Waals surface area contributed by atoms with Crippen molar-refractivity contribution in [3.8, 4) is 0 Å². The largest absolute Gasteiger partial charge is 0.416 e. The molecule has 0 saturated carbocycles. The van der Waals surface area contributed by atoms with Crippen molar-refractivity contribution >= 4 is 21.6 Å². The van der Waals surface area contributed by atoms with Gasteiger partial charge in [0, 0.05) is 24.7 Å². The summed E-state index contributed by atoms with van der Waals surface area (Å²) in [5.74, 6) is -0.790. The van der Waals surface area contributed by atoms with Gasteiger partial charge < -0.3 is 5.32 Å². The molecule has 9 heteroatoms. The van der Waals surface area contributed by atoms with Crippen LogP contribution < -0.4 is 5.32 Å². The number of carbonyl (C=O) groups excluding carboxylic acids is 1. The summed E-state index contributed by atoms with van der Waals surface area (Å²) in [5.41, 5.74) is 0.198. The maximum atomic E-state index is 12.6. The first kappa shape index (κ1) is 21.3. The quantitative estimate of drug-likeness (QED) is 0.789. The topological polar surface area (TPSA) is 66.5 Å². The summed E-state index contributed by atoms with van der Waals surface area (Å²) in [6.45, 7) is 0.473. The molecule has 0 spiro atoms. The fraction of sp³-hybridized carbons (Fsp3) is 0.350. The lowest BCUT2D eigenvalue weighted by atomic mass is 9.97. The van der Waals surface area contributed by atoms with Crippen LogP contribution in [-0.4, -0.2) is 31.7 Å². The Kier molecular flexibility index (Phi) is 6.28. The molecule has 1 fully saturated rings. The fourth-order valence-electron chi connectivity index (χ4n) is 3.26. The first-order valence-corrected chi connectivity index (χ1v) is 10.8. The summed E-state index contributed by atoms with van der Waals surface area (Å²) >= 11 is 0. The van der Waals surface area contributed by atoms with Gasteiger partial charge in [0.2, 0.25) is 15.9 Å². The maximum absolute atomic E-state index is 12.6. The van der Waals surface area contributed by atoms with E-state index in [4.69, 9.17) is 0 Å². The Balaban J connectivity index is 1.54. The van der Waals surface area contributed by atoms with Crippen LogP contribution in [0.1, 0.15) is 24.0 Å². The summed E-state index contributed by atoms with van der Waals surface area (Å²) in [6.07, 6.45) is -3.71. The molecule has 1 N–H and O–H groups in total.